The third-order valence-corrected chi connectivity index (χ3v) is 6.19. The topological polar surface area (TPSA) is 86.7 Å². The van der Waals surface area contributed by atoms with Gasteiger partial charge in [-0.15, -0.1) is 11.8 Å². The van der Waals surface area contributed by atoms with E-state index < -0.39 is 28.7 Å². The number of nitrogens with one attached hydrogen (secondary N) is 1. The molecule has 4 atom stereocenters. The van der Waals surface area contributed by atoms with Gasteiger partial charge in [0.1, 0.15) is 6.04 Å². The number of amides is 2. The van der Waals surface area contributed by atoms with Crippen molar-refractivity contribution in [3.8, 4) is 0 Å². The van der Waals surface area contributed by atoms with Gasteiger partial charge in [-0.25, -0.2) is 4.79 Å². The van der Waals surface area contributed by atoms with E-state index in [2.05, 4.69) is 5.32 Å². The Morgan fingerprint density at radius 3 is 2.46 bits per heavy atom. The maximum atomic E-state index is 12.7. The van der Waals surface area contributed by atoms with Gasteiger partial charge in [0.2, 0.25) is 11.8 Å². The van der Waals surface area contributed by atoms with E-state index in [0.717, 1.165) is 5.56 Å². The van der Waals surface area contributed by atoms with Crippen molar-refractivity contribution < 1.29 is 19.5 Å². The van der Waals surface area contributed by atoms with E-state index in [0.29, 0.717) is 0 Å². The van der Waals surface area contributed by atoms with Crippen LogP contribution in [0.4, 0.5) is 0 Å². The highest BCUT2D eigenvalue weighted by atomic mass is 32.2. The summed E-state index contributed by atoms with van der Waals surface area (Å²) in [7, 11) is 0. The highest BCUT2D eigenvalue weighted by Gasteiger charge is 2.65. The van der Waals surface area contributed by atoms with Crippen molar-refractivity contribution in [3.05, 3.63) is 35.9 Å². The van der Waals surface area contributed by atoms with Gasteiger partial charge in [0.05, 0.1) is 17.3 Å². The Bertz CT molecular complexity index is 691. The van der Waals surface area contributed by atoms with Gasteiger partial charge in [0.25, 0.3) is 0 Å². The highest BCUT2D eigenvalue weighted by Crippen LogP contribution is 2.55. The number of thioether (sulfide) groups is 1. The summed E-state index contributed by atoms with van der Waals surface area (Å²) in [6, 6.07) is 8.04. The first-order valence-corrected chi connectivity index (χ1v) is 8.67. The number of hydrogen-bond acceptors (Lipinski definition) is 4. The molecule has 128 valence electrons. The number of carboxylic acid groups (broad SMARTS) is 1. The first-order valence-electron chi connectivity index (χ1n) is 7.79. The zero-order valence-corrected chi connectivity index (χ0v) is 14.5. The molecule has 3 rings (SSSR count). The van der Waals surface area contributed by atoms with E-state index in [1.165, 1.54) is 23.6 Å². The van der Waals surface area contributed by atoms with Crippen molar-refractivity contribution >= 4 is 29.5 Å². The second kappa shape index (κ2) is 5.81. The van der Waals surface area contributed by atoms with Crippen LogP contribution in [0.2, 0.25) is 0 Å². The van der Waals surface area contributed by atoms with E-state index in [1.807, 2.05) is 44.2 Å². The molecule has 24 heavy (non-hydrogen) atoms. The molecular formula is C17H20N2O4S. The smallest absolute Gasteiger partial charge is 0.327 e. The van der Waals surface area contributed by atoms with Gasteiger partial charge in [-0.2, -0.15) is 0 Å². The third kappa shape index (κ3) is 2.56. The molecule has 1 aromatic rings. The normalized spacial score (nSPS) is 28.7. The van der Waals surface area contributed by atoms with Crippen LogP contribution in [0, 0.1) is 5.92 Å². The minimum atomic E-state index is -0.988. The Morgan fingerprint density at radius 1 is 1.29 bits per heavy atom. The van der Waals surface area contributed by atoms with Crippen molar-refractivity contribution in [3.63, 3.8) is 0 Å². The van der Waals surface area contributed by atoms with E-state index in [-0.39, 0.29) is 17.2 Å². The van der Waals surface area contributed by atoms with Gasteiger partial charge in [-0.05, 0) is 19.4 Å². The Morgan fingerprint density at radius 2 is 1.92 bits per heavy atom. The van der Waals surface area contributed by atoms with E-state index in [1.54, 1.807) is 0 Å². The van der Waals surface area contributed by atoms with Crippen LogP contribution in [0.25, 0.3) is 0 Å². The van der Waals surface area contributed by atoms with Gasteiger partial charge >= 0.3 is 5.97 Å². The van der Waals surface area contributed by atoms with Gasteiger partial charge in [0.15, 0.2) is 0 Å². The van der Waals surface area contributed by atoms with Crippen LogP contribution < -0.4 is 5.32 Å². The standard InChI is InChI=1S/C17H20N2O4S/c1-9(20)18-12(10-7-5-4-6-8-10)11-14(21)19-13(16(22)23)17(2,3)24-15(11)19/h4-8,11-13,15H,1-3H3,(H,18,20)(H,22,23)/t11-,12?,13+,15-/m1/s1. The fraction of sp³-hybridized carbons (Fsp3) is 0.471. The van der Waals surface area contributed by atoms with Crippen molar-refractivity contribution in [2.45, 2.75) is 43.0 Å². The van der Waals surface area contributed by atoms with E-state index in [4.69, 9.17) is 0 Å². The van der Waals surface area contributed by atoms with Crippen LogP contribution in [0.3, 0.4) is 0 Å². The lowest BCUT2D eigenvalue weighted by atomic mass is 9.83. The van der Waals surface area contributed by atoms with Crippen LogP contribution in [0.15, 0.2) is 30.3 Å². The Labute approximate surface area is 144 Å². The number of hydrogen-bond donors (Lipinski definition) is 2. The van der Waals surface area contributed by atoms with Crippen LogP contribution in [0.5, 0.6) is 0 Å². The quantitative estimate of drug-likeness (QED) is 0.808. The number of carbonyl (C=O) groups excluding carboxylic acids is 2. The molecule has 0 saturated carbocycles. The lowest BCUT2D eigenvalue weighted by molar-refractivity contribution is -0.165. The molecule has 2 aliphatic rings. The van der Waals surface area contributed by atoms with Crippen molar-refractivity contribution in [1.29, 1.82) is 0 Å². The summed E-state index contributed by atoms with van der Waals surface area (Å²) in [6.07, 6.45) is 0. The van der Waals surface area contributed by atoms with Gasteiger partial charge in [0, 0.05) is 11.7 Å². The molecule has 2 saturated heterocycles. The Kier molecular flexibility index (Phi) is 4.07. The summed E-state index contributed by atoms with van der Waals surface area (Å²) >= 11 is 1.49. The van der Waals surface area contributed by atoms with Gasteiger partial charge in [-0.1, -0.05) is 30.3 Å². The number of fused-ring (bicyclic) bond motifs is 1. The monoisotopic (exact) mass is 348 g/mol. The molecule has 2 N–H and O–H groups in total. The summed E-state index contributed by atoms with van der Waals surface area (Å²) in [4.78, 5) is 37.4. The summed E-state index contributed by atoms with van der Waals surface area (Å²) < 4.78 is -0.571. The van der Waals surface area contributed by atoms with Crippen molar-refractivity contribution in [1.82, 2.24) is 10.2 Å². The molecule has 2 heterocycles. The number of carboxylic acids is 1. The van der Waals surface area contributed by atoms with Crippen molar-refractivity contribution in [2.24, 2.45) is 5.92 Å². The van der Waals surface area contributed by atoms with Crippen LogP contribution >= 0.6 is 11.8 Å². The van der Waals surface area contributed by atoms with Crippen molar-refractivity contribution in [2.75, 3.05) is 0 Å². The van der Waals surface area contributed by atoms with E-state index in [9.17, 15) is 19.5 Å². The second-order valence-electron chi connectivity index (χ2n) is 6.71. The molecule has 2 aliphatic heterocycles. The molecule has 0 bridgehead atoms. The summed E-state index contributed by atoms with van der Waals surface area (Å²) in [6.45, 7) is 5.10. The molecule has 2 amide bonds. The summed E-state index contributed by atoms with van der Waals surface area (Å²) in [5.74, 6) is -1.87. The lowest BCUT2D eigenvalue weighted by Gasteiger charge is -2.47. The first kappa shape index (κ1) is 16.8. The maximum absolute atomic E-state index is 12.7. The number of nitrogens with zero attached hydrogens (tertiary/aromatic N) is 1. The molecule has 6 nitrogen and oxygen atoms in total. The lowest BCUT2D eigenvalue weighted by Crippen LogP contribution is -2.65. The summed E-state index contributed by atoms with van der Waals surface area (Å²) in [5.41, 5.74) is 0.850. The minimum Gasteiger partial charge on any atom is -0.480 e. The van der Waals surface area contributed by atoms with E-state index >= 15 is 0 Å². The first-order chi connectivity index (χ1) is 11.2. The average Bonchev–Trinajstić information content (AvgIpc) is 2.75. The predicted octanol–water partition coefficient (Wildman–Crippen LogP) is 1.63. The fourth-order valence-electron chi connectivity index (χ4n) is 3.61. The molecule has 1 aromatic carbocycles. The SMILES string of the molecule is CC(=O)NC(c1ccccc1)[C@@H]1C(=O)N2[C@@H]1SC(C)(C)[C@@H]2C(=O)O. The number of aliphatic carboxylic acids is 1. The largest absolute Gasteiger partial charge is 0.480 e. The number of rotatable bonds is 4. The predicted molar refractivity (Wildman–Crippen MR) is 90.2 cm³/mol. The van der Waals surface area contributed by atoms with Crippen LogP contribution in [-0.4, -0.2) is 44.0 Å². The van der Waals surface area contributed by atoms with Crippen LogP contribution in [0.1, 0.15) is 32.4 Å². The molecule has 0 radical (unpaired) electrons. The zero-order valence-electron chi connectivity index (χ0n) is 13.7. The molecule has 0 spiro atoms. The Hall–Kier alpha value is -2.02. The highest BCUT2D eigenvalue weighted by molar-refractivity contribution is 8.01. The fourth-order valence-corrected chi connectivity index (χ4v) is 5.33. The zero-order chi connectivity index (χ0) is 17.6. The molecule has 7 heteroatoms. The maximum Gasteiger partial charge on any atom is 0.327 e. The Balaban J connectivity index is 1.93. The number of carbonyl (C=O) groups is 3. The molecular weight excluding hydrogens is 328 g/mol. The van der Waals surface area contributed by atoms with Gasteiger partial charge < -0.3 is 15.3 Å². The molecule has 0 aliphatic carbocycles. The second-order valence-corrected chi connectivity index (χ2v) is 8.48. The minimum absolute atomic E-state index is 0.215. The molecule has 2 fully saturated rings. The summed E-state index contributed by atoms with van der Waals surface area (Å²) in [5, 5.41) is 12.1. The molecule has 1 unspecified atom stereocenters. The van der Waals surface area contributed by atoms with Gasteiger partial charge in [-0.3, -0.25) is 9.59 Å². The average molecular weight is 348 g/mol. The number of β-lactam (4-membered cyclic amide) rings is 1. The number of benzene rings is 1. The van der Waals surface area contributed by atoms with Crippen LogP contribution in [-0.2, 0) is 14.4 Å². The molecule has 0 aromatic heterocycles. The third-order valence-electron chi connectivity index (χ3n) is 4.59.